The van der Waals surface area contributed by atoms with Crippen molar-refractivity contribution < 1.29 is 32.7 Å². The highest BCUT2D eigenvalue weighted by molar-refractivity contribution is 6.31. The van der Waals surface area contributed by atoms with Crippen molar-refractivity contribution in [1.82, 2.24) is 4.90 Å². The predicted octanol–water partition coefficient (Wildman–Crippen LogP) is 7.32. The predicted molar refractivity (Wildman–Crippen MR) is 168 cm³/mol. The van der Waals surface area contributed by atoms with Crippen LogP contribution >= 0.6 is 11.6 Å². The molecule has 7 nitrogen and oxygen atoms in total. The number of Topliss-reactive ketones (excluding diaryl/α,β-unsaturated/α-hetero) is 1. The molecule has 0 aliphatic carbocycles. The summed E-state index contributed by atoms with van der Waals surface area (Å²) in [6.07, 6.45) is 3.14. The summed E-state index contributed by atoms with van der Waals surface area (Å²) in [7, 11) is 1.30. The molecule has 0 fully saturated rings. The van der Waals surface area contributed by atoms with E-state index in [-0.39, 0.29) is 53.1 Å². The van der Waals surface area contributed by atoms with E-state index in [9.17, 15) is 19.2 Å². The number of ether oxygens (including phenoxy) is 1. The van der Waals surface area contributed by atoms with Crippen LogP contribution < -0.4 is 5.32 Å². The van der Waals surface area contributed by atoms with Gasteiger partial charge in [0.2, 0.25) is 11.8 Å². The molecule has 234 valence electrons. The third-order valence-corrected chi connectivity index (χ3v) is 8.76. The van der Waals surface area contributed by atoms with Crippen LogP contribution in [-0.4, -0.2) is 42.1 Å². The lowest BCUT2D eigenvalue weighted by Crippen LogP contribution is -2.37. The van der Waals surface area contributed by atoms with Crippen molar-refractivity contribution in [2.24, 2.45) is 5.92 Å². The smallest absolute Gasteiger partial charge is 0.309 e. The molecule has 2 heterocycles. The molecule has 2 amide bonds. The van der Waals surface area contributed by atoms with E-state index in [1.165, 1.54) is 44.4 Å². The molecule has 2 bridgehead atoms. The summed E-state index contributed by atoms with van der Waals surface area (Å²) in [5.74, 6) is -3.02. The van der Waals surface area contributed by atoms with Gasteiger partial charge >= 0.3 is 5.97 Å². The molecule has 2 atom stereocenters. The molecule has 0 saturated carbocycles. The van der Waals surface area contributed by atoms with E-state index >= 15 is 8.78 Å². The molecule has 2 aliphatic heterocycles. The molecule has 45 heavy (non-hydrogen) atoms. The van der Waals surface area contributed by atoms with E-state index in [2.05, 4.69) is 5.32 Å². The summed E-state index contributed by atoms with van der Waals surface area (Å²) < 4.78 is 35.2. The molecule has 10 heteroatoms. The third kappa shape index (κ3) is 6.83. The fraction of sp³-hybridized carbons (Fsp3) is 0.314. The second-order valence-electron chi connectivity index (χ2n) is 11.5. The molecule has 0 radical (unpaired) electrons. The van der Waals surface area contributed by atoms with Gasteiger partial charge in [0.15, 0.2) is 5.78 Å². The molecule has 1 N–H and O–H groups in total. The molecule has 3 aromatic carbocycles. The van der Waals surface area contributed by atoms with Crippen molar-refractivity contribution in [3.63, 3.8) is 0 Å². The number of anilines is 1. The maximum atomic E-state index is 15.3. The number of amides is 2. The topological polar surface area (TPSA) is 92.8 Å². The van der Waals surface area contributed by atoms with Gasteiger partial charge in [-0.3, -0.25) is 19.2 Å². The van der Waals surface area contributed by atoms with Crippen molar-refractivity contribution in [2.75, 3.05) is 19.0 Å². The zero-order valence-electron chi connectivity index (χ0n) is 25.2. The number of fused-ring (bicyclic) bond motifs is 4. The number of benzene rings is 3. The lowest BCUT2D eigenvalue weighted by Gasteiger charge is -2.35. The van der Waals surface area contributed by atoms with Gasteiger partial charge in [0.05, 0.1) is 24.6 Å². The number of nitrogens with zero attached hydrogens (tertiary/aromatic N) is 1. The van der Waals surface area contributed by atoms with Gasteiger partial charge in [0.1, 0.15) is 11.6 Å². The molecular weight excluding hydrogens is 602 g/mol. The Hall–Kier alpha value is -4.37. The number of methoxy groups -OCH3 is 1. The molecule has 0 saturated heterocycles. The zero-order valence-corrected chi connectivity index (χ0v) is 26.0. The Morgan fingerprint density at radius 2 is 1.84 bits per heavy atom. The van der Waals surface area contributed by atoms with Crippen molar-refractivity contribution in [2.45, 2.75) is 52.0 Å². The minimum atomic E-state index is -0.752. The average Bonchev–Trinajstić information content (AvgIpc) is 3.00. The van der Waals surface area contributed by atoms with Gasteiger partial charge in [0.25, 0.3) is 0 Å². The van der Waals surface area contributed by atoms with Crippen LogP contribution in [-0.2, 0) is 25.5 Å². The van der Waals surface area contributed by atoms with E-state index in [0.717, 1.165) is 0 Å². The number of carbonyl (C=O) groups is 4. The van der Waals surface area contributed by atoms with Gasteiger partial charge in [-0.05, 0) is 84.8 Å². The minimum Gasteiger partial charge on any atom is -0.469 e. The Kier molecular flexibility index (Phi) is 9.48. The fourth-order valence-electron chi connectivity index (χ4n) is 6.08. The van der Waals surface area contributed by atoms with Crippen LogP contribution in [0.1, 0.15) is 72.6 Å². The van der Waals surface area contributed by atoms with Gasteiger partial charge in [-0.15, -0.1) is 0 Å². The third-order valence-electron chi connectivity index (χ3n) is 8.47. The quantitative estimate of drug-likeness (QED) is 0.235. The maximum absolute atomic E-state index is 15.3. The monoisotopic (exact) mass is 634 g/mol. The van der Waals surface area contributed by atoms with Gasteiger partial charge in [-0.2, -0.15) is 0 Å². The SMILES string of the molecule is COC(=O)Cc1ccc2c(c1)NC(=O)[C@H](C)CCC[C@H](N1CCC(c3c(C(C)=O)ccc(Cl)c3F)=CC1=O)c1cc(F)cc-2c1. The Bertz CT molecular complexity index is 1740. The van der Waals surface area contributed by atoms with Crippen LogP contribution in [0.2, 0.25) is 5.02 Å². The summed E-state index contributed by atoms with van der Waals surface area (Å²) in [4.78, 5) is 52.7. The summed E-state index contributed by atoms with van der Waals surface area (Å²) >= 11 is 6.04. The normalized spacial score (nSPS) is 18.6. The van der Waals surface area contributed by atoms with Gasteiger partial charge < -0.3 is 15.0 Å². The number of ketones is 1. The van der Waals surface area contributed by atoms with Crippen LogP contribution in [0.25, 0.3) is 16.7 Å². The van der Waals surface area contributed by atoms with E-state index in [1.54, 1.807) is 29.2 Å². The van der Waals surface area contributed by atoms with Crippen LogP contribution in [0, 0.1) is 17.6 Å². The average molecular weight is 635 g/mol. The van der Waals surface area contributed by atoms with Crippen molar-refractivity contribution in [3.05, 3.63) is 93.5 Å². The first-order valence-electron chi connectivity index (χ1n) is 14.8. The van der Waals surface area contributed by atoms with E-state index in [4.69, 9.17) is 16.3 Å². The summed E-state index contributed by atoms with van der Waals surface area (Å²) in [5.41, 5.74) is 3.24. The van der Waals surface area contributed by atoms with Gasteiger partial charge in [-0.25, -0.2) is 8.78 Å². The Morgan fingerprint density at radius 1 is 1.07 bits per heavy atom. The van der Waals surface area contributed by atoms with E-state index < -0.39 is 29.6 Å². The standard InChI is InChI=1S/C35H33ClF2N2O5/c1-19-5-4-6-30(40-12-11-22(18-31(40)42)33-26(20(2)41)9-10-28(36)34(33)38)24-15-23(16-25(37)17-24)27-8-7-21(14-32(43)45-3)13-29(27)39-35(19)44/h7-10,13,15-19,30H,4-6,11-12,14H2,1-3H3,(H,39,44)/t19-,30+/m1/s1. The van der Waals surface area contributed by atoms with Crippen molar-refractivity contribution >= 4 is 46.4 Å². The minimum absolute atomic E-state index is 0.00521. The molecule has 0 spiro atoms. The number of esters is 1. The summed E-state index contributed by atoms with van der Waals surface area (Å²) in [6.45, 7) is 3.35. The van der Waals surface area contributed by atoms with Crippen LogP contribution in [0.3, 0.4) is 0 Å². The number of nitrogens with one attached hydrogen (secondary N) is 1. The molecule has 5 rings (SSSR count). The Labute approximate surface area is 265 Å². The lowest BCUT2D eigenvalue weighted by atomic mass is 9.89. The lowest BCUT2D eigenvalue weighted by molar-refractivity contribution is -0.139. The number of hydrogen-bond acceptors (Lipinski definition) is 5. The highest BCUT2D eigenvalue weighted by atomic mass is 35.5. The maximum Gasteiger partial charge on any atom is 0.309 e. The number of hydrogen-bond donors (Lipinski definition) is 1. The summed E-state index contributed by atoms with van der Waals surface area (Å²) in [6, 6.07) is 12.0. The van der Waals surface area contributed by atoms with Crippen LogP contribution in [0.15, 0.2) is 54.6 Å². The Morgan fingerprint density at radius 3 is 2.56 bits per heavy atom. The molecule has 3 aromatic rings. The Balaban J connectivity index is 1.56. The first-order chi connectivity index (χ1) is 21.5. The van der Waals surface area contributed by atoms with Crippen LogP contribution in [0.4, 0.5) is 14.5 Å². The van der Waals surface area contributed by atoms with Crippen molar-refractivity contribution in [3.8, 4) is 11.1 Å². The van der Waals surface area contributed by atoms with Gasteiger partial charge in [0, 0.05) is 40.9 Å². The molecule has 2 aliphatic rings. The first kappa shape index (κ1) is 32.0. The summed E-state index contributed by atoms with van der Waals surface area (Å²) in [5, 5.41) is 2.82. The van der Waals surface area contributed by atoms with Gasteiger partial charge in [-0.1, -0.05) is 37.1 Å². The van der Waals surface area contributed by atoms with Crippen molar-refractivity contribution in [1.29, 1.82) is 0 Å². The number of carbonyl (C=O) groups excluding carboxylic acids is 4. The molecule has 0 unspecified atom stereocenters. The highest BCUT2D eigenvalue weighted by Crippen LogP contribution is 2.39. The van der Waals surface area contributed by atoms with Crippen LogP contribution in [0.5, 0.6) is 0 Å². The van der Waals surface area contributed by atoms with E-state index in [0.29, 0.717) is 52.8 Å². The number of halogens is 3. The fourth-order valence-corrected chi connectivity index (χ4v) is 6.24. The second-order valence-corrected chi connectivity index (χ2v) is 11.9. The molecular formula is C35H33ClF2N2O5. The molecule has 0 aromatic heterocycles. The van der Waals surface area contributed by atoms with E-state index in [1.807, 2.05) is 6.92 Å². The highest BCUT2D eigenvalue weighted by Gasteiger charge is 2.31. The second kappa shape index (κ2) is 13.3. The number of rotatable bonds is 5. The zero-order chi connectivity index (χ0) is 32.4. The largest absolute Gasteiger partial charge is 0.469 e. The first-order valence-corrected chi connectivity index (χ1v) is 15.2.